The van der Waals surface area contributed by atoms with E-state index in [1.54, 1.807) is 0 Å². The van der Waals surface area contributed by atoms with Crippen molar-refractivity contribution in [1.29, 1.82) is 0 Å². The fourth-order valence-electron chi connectivity index (χ4n) is 3.11. The molecule has 0 heterocycles. The van der Waals surface area contributed by atoms with Gasteiger partial charge in [-0.3, -0.25) is 10.1 Å². The van der Waals surface area contributed by atoms with E-state index in [4.69, 9.17) is 0 Å². The molecule has 1 unspecified atom stereocenters. The van der Waals surface area contributed by atoms with Crippen LogP contribution in [0.15, 0.2) is 0 Å². The van der Waals surface area contributed by atoms with Crippen molar-refractivity contribution < 1.29 is 22.7 Å². The molecule has 1 aliphatic rings. The van der Waals surface area contributed by atoms with Gasteiger partial charge in [0.2, 0.25) is 0 Å². The molecule has 0 saturated heterocycles. The lowest BCUT2D eigenvalue weighted by atomic mass is 9.68. The number of ether oxygens (including phenoxy) is 1. The Bertz CT molecular complexity index is 342. The Morgan fingerprint density at radius 2 is 1.71 bits per heavy atom. The topological polar surface area (TPSA) is 38.3 Å². The summed E-state index contributed by atoms with van der Waals surface area (Å²) < 4.78 is 41.7. The molecule has 0 spiro atoms. The van der Waals surface area contributed by atoms with Crippen molar-refractivity contribution in [2.75, 3.05) is 13.7 Å². The van der Waals surface area contributed by atoms with Crippen LogP contribution in [0.25, 0.3) is 0 Å². The minimum atomic E-state index is -4.32. The summed E-state index contributed by atoms with van der Waals surface area (Å²) in [6.07, 6.45) is -0.932. The second-order valence-corrected chi connectivity index (χ2v) is 6.97. The van der Waals surface area contributed by atoms with Gasteiger partial charge in [0.15, 0.2) is 0 Å². The maximum absolute atomic E-state index is 12.4. The van der Waals surface area contributed by atoms with Crippen LogP contribution in [0.4, 0.5) is 13.2 Å². The van der Waals surface area contributed by atoms with Crippen molar-refractivity contribution in [2.45, 2.75) is 58.7 Å². The van der Waals surface area contributed by atoms with Gasteiger partial charge in [-0.05, 0) is 42.9 Å². The monoisotopic (exact) mass is 309 g/mol. The van der Waals surface area contributed by atoms with Crippen molar-refractivity contribution >= 4 is 5.97 Å². The lowest BCUT2D eigenvalue weighted by molar-refractivity contribution is -0.149. The SMILES string of the molecule is COC(=O)C(NCC(F)(F)F)C1CCC(C(C)(C)C)CC1. The summed E-state index contributed by atoms with van der Waals surface area (Å²) in [6, 6.07) is -0.863. The van der Waals surface area contributed by atoms with Crippen LogP contribution in [0, 0.1) is 17.3 Å². The first kappa shape index (κ1) is 18.3. The molecule has 0 aromatic rings. The molecule has 6 heteroatoms. The Hall–Kier alpha value is -0.780. The molecule has 0 radical (unpaired) electrons. The van der Waals surface area contributed by atoms with Crippen LogP contribution in [-0.2, 0) is 9.53 Å². The maximum atomic E-state index is 12.4. The maximum Gasteiger partial charge on any atom is 0.401 e. The van der Waals surface area contributed by atoms with Gasteiger partial charge in [0.05, 0.1) is 13.7 Å². The van der Waals surface area contributed by atoms with Gasteiger partial charge in [-0.1, -0.05) is 20.8 Å². The highest BCUT2D eigenvalue weighted by molar-refractivity contribution is 5.76. The highest BCUT2D eigenvalue weighted by Crippen LogP contribution is 2.40. The first-order valence-corrected chi connectivity index (χ1v) is 7.42. The van der Waals surface area contributed by atoms with Gasteiger partial charge in [0.25, 0.3) is 0 Å². The number of carbonyl (C=O) groups is 1. The van der Waals surface area contributed by atoms with Gasteiger partial charge in [-0.25, -0.2) is 0 Å². The molecule has 124 valence electrons. The Morgan fingerprint density at radius 1 is 1.19 bits per heavy atom. The van der Waals surface area contributed by atoms with Crippen LogP contribution in [-0.4, -0.2) is 31.8 Å². The van der Waals surface area contributed by atoms with Gasteiger partial charge in [0, 0.05) is 0 Å². The highest BCUT2D eigenvalue weighted by atomic mass is 19.4. The van der Waals surface area contributed by atoms with Gasteiger partial charge in [-0.15, -0.1) is 0 Å². The zero-order valence-corrected chi connectivity index (χ0v) is 13.2. The van der Waals surface area contributed by atoms with E-state index in [-0.39, 0.29) is 11.3 Å². The van der Waals surface area contributed by atoms with Gasteiger partial charge >= 0.3 is 12.1 Å². The molecule has 0 aromatic carbocycles. The van der Waals surface area contributed by atoms with Gasteiger partial charge in [-0.2, -0.15) is 13.2 Å². The van der Waals surface area contributed by atoms with Crippen LogP contribution in [0.3, 0.4) is 0 Å². The third kappa shape index (κ3) is 5.85. The number of hydrogen-bond donors (Lipinski definition) is 1. The largest absolute Gasteiger partial charge is 0.468 e. The van der Waals surface area contributed by atoms with E-state index >= 15 is 0 Å². The molecule has 0 bridgehead atoms. The highest BCUT2D eigenvalue weighted by Gasteiger charge is 2.38. The first-order valence-electron chi connectivity index (χ1n) is 7.42. The van der Waals surface area contributed by atoms with Crippen LogP contribution in [0.2, 0.25) is 0 Å². The average molecular weight is 309 g/mol. The minimum absolute atomic E-state index is 0.0848. The Morgan fingerprint density at radius 3 is 2.10 bits per heavy atom. The molecule has 1 atom stereocenters. The molecular weight excluding hydrogens is 283 g/mol. The Balaban J connectivity index is 2.63. The fraction of sp³-hybridized carbons (Fsp3) is 0.933. The molecule has 1 saturated carbocycles. The standard InChI is InChI=1S/C15H26F3NO2/c1-14(2,3)11-7-5-10(6-8-11)12(13(20)21-4)19-9-15(16,17)18/h10-12,19H,5-9H2,1-4H3. The van der Waals surface area contributed by atoms with E-state index in [2.05, 4.69) is 30.8 Å². The quantitative estimate of drug-likeness (QED) is 0.807. The molecule has 1 fully saturated rings. The number of methoxy groups -OCH3 is 1. The summed E-state index contributed by atoms with van der Waals surface area (Å²) in [4.78, 5) is 11.8. The summed E-state index contributed by atoms with van der Waals surface area (Å²) in [5.41, 5.74) is 0.200. The van der Waals surface area contributed by atoms with Crippen molar-refractivity contribution in [3.63, 3.8) is 0 Å². The summed E-state index contributed by atoms with van der Waals surface area (Å²) in [6.45, 7) is 5.37. The van der Waals surface area contributed by atoms with Crippen LogP contribution < -0.4 is 5.32 Å². The smallest absolute Gasteiger partial charge is 0.401 e. The number of alkyl halides is 3. The number of nitrogens with one attached hydrogen (secondary N) is 1. The number of carbonyl (C=O) groups excluding carboxylic acids is 1. The molecule has 3 nitrogen and oxygen atoms in total. The molecule has 1 rings (SSSR count). The van der Waals surface area contributed by atoms with Gasteiger partial charge < -0.3 is 4.74 Å². The van der Waals surface area contributed by atoms with E-state index in [0.717, 1.165) is 25.7 Å². The second kappa shape index (κ2) is 6.99. The summed E-state index contributed by atoms with van der Waals surface area (Å²) in [7, 11) is 1.21. The van der Waals surface area contributed by atoms with Crippen LogP contribution >= 0.6 is 0 Å². The van der Waals surface area contributed by atoms with E-state index in [1.807, 2.05) is 0 Å². The zero-order chi connectivity index (χ0) is 16.3. The van der Waals surface area contributed by atoms with Crippen LogP contribution in [0.5, 0.6) is 0 Å². The summed E-state index contributed by atoms with van der Waals surface area (Å²) >= 11 is 0. The van der Waals surface area contributed by atoms with Crippen molar-refractivity contribution in [2.24, 2.45) is 17.3 Å². The zero-order valence-electron chi connectivity index (χ0n) is 13.2. The number of hydrogen-bond acceptors (Lipinski definition) is 3. The van der Waals surface area contributed by atoms with E-state index in [1.165, 1.54) is 7.11 Å². The van der Waals surface area contributed by atoms with Crippen molar-refractivity contribution in [1.82, 2.24) is 5.32 Å². The minimum Gasteiger partial charge on any atom is -0.468 e. The molecule has 0 amide bonds. The Labute approximate surface area is 124 Å². The molecule has 1 aliphatic carbocycles. The fourth-order valence-corrected chi connectivity index (χ4v) is 3.11. The molecule has 0 aliphatic heterocycles. The molecule has 1 N–H and O–H groups in total. The molecule has 0 aromatic heterocycles. The van der Waals surface area contributed by atoms with Crippen molar-refractivity contribution in [3.05, 3.63) is 0 Å². The van der Waals surface area contributed by atoms with E-state index < -0.39 is 24.7 Å². The third-order valence-corrected chi connectivity index (χ3v) is 4.45. The summed E-state index contributed by atoms with van der Waals surface area (Å²) in [5, 5.41) is 2.33. The van der Waals surface area contributed by atoms with E-state index in [9.17, 15) is 18.0 Å². The summed E-state index contributed by atoms with van der Waals surface area (Å²) in [5.74, 6) is -0.133. The number of halogens is 3. The van der Waals surface area contributed by atoms with Crippen LogP contribution in [0.1, 0.15) is 46.5 Å². The third-order valence-electron chi connectivity index (χ3n) is 4.45. The number of rotatable bonds is 4. The normalized spacial score (nSPS) is 25.5. The average Bonchev–Trinajstić information content (AvgIpc) is 2.36. The number of esters is 1. The Kier molecular flexibility index (Phi) is 6.08. The van der Waals surface area contributed by atoms with Gasteiger partial charge in [0.1, 0.15) is 6.04 Å². The second-order valence-electron chi connectivity index (χ2n) is 6.97. The lowest BCUT2D eigenvalue weighted by Crippen LogP contribution is -2.48. The van der Waals surface area contributed by atoms with Crippen molar-refractivity contribution in [3.8, 4) is 0 Å². The molecular formula is C15H26F3NO2. The first-order chi connectivity index (χ1) is 9.54. The molecule has 21 heavy (non-hydrogen) atoms. The van der Waals surface area contributed by atoms with E-state index in [0.29, 0.717) is 5.92 Å². The predicted octanol–water partition coefficient (Wildman–Crippen LogP) is 3.53. The predicted molar refractivity (Wildman–Crippen MR) is 74.8 cm³/mol. The lowest BCUT2D eigenvalue weighted by Gasteiger charge is -2.39.